The summed E-state index contributed by atoms with van der Waals surface area (Å²) in [6.45, 7) is 6.10. The molecule has 0 amide bonds. The smallest absolute Gasteiger partial charge is 0.339 e. The molecule has 3 nitrogen and oxygen atoms in total. The summed E-state index contributed by atoms with van der Waals surface area (Å²) in [5.74, 6) is -0.00620. The zero-order valence-corrected chi connectivity index (χ0v) is 16.1. The van der Waals surface area contributed by atoms with Crippen molar-refractivity contribution in [3.63, 3.8) is 0 Å². The number of rotatable bonds is 2. The predicted octanol–water partition coefficient (Wildman–Crippen LogP) is 5.88. The minimum Gasteiger partial charge on any atom is -0.422 e. The molecule has 5 rings (SSSR count). The number of hydrogen-bond donors (Lipinski definition) is 0. The van der Waals surface area contributed by atoms with Crippen LogP contribution in [-0.4, -0.2) is 11.0 Å². The summed E-state index contributed by atoms with van der Waals surface area (Å²) in [5, 5.41) is 0.849. The Bertz CT molecular complexity index is 1220. The number of carbonyl (C=O) groups is 1. The Morgan fingerprint density at radius 1 is 0.964 bits per heavy atom. The first-order valence-electron chi connectivity index (χ1n) is 9.09. The maximum Gasteiger partial charge on any atom is 0.339 e. The van der Waals surface area contributed by atoms with Crippen LogP contribution in [0, 0.1) is 6.92 Å². The lowest BCUT2D eigenvalue weighted by Crippen LogP contribution is -2.24. The van der Waals surface area contributed by atoms with Crippen molar-refractivity contribution in [1.82, 2.24) is 4.98 Å². The molecular weight excluding hydrogens is 366 g/mol. The average molecular weight is 383 g/mol. The monoisotopic (exact) mass is 383 g/mol. The van der Waals surface area contributed by atoms with E-state index < -0.39 is 0 Å². The van der Waals surface area contributed by atoms with E-state index in [1.165, 1.54) is 0 Å². The maximum atomic E-state index is 12.7. The van der Waals surface area contributed by atoms with Gasteiger partial charge in [0.15, 0.2) is 0 Å². The van der Waals surface area contributed by atoms with Gasteiger partial charge in [0.25, 0.3) is 0 Å². The molecule has 0 N–H and O–H groups in total. The summed E-state index contributed by atoms with van der Waals surface area (Å²) >= 11 is 1.60. The third kappa shape index (κ3) is 2.57. The molecule has 4 aromatic rings. The Morgan fingerprint density at radius 2 is 1.71 bits per heavy atom. The fourth-order valence-corrected chi connectivity index (χ4v) is 4.77. The zero-order valence-electron chi connectivity index (χ0n) is 15.3. The molecule has 0 fully saturated rings. The fraction of sp³-hybridized carbons (Fsp3) is 0.0833. The van der Waals surface area contributed by atoms with E-state index >= 15 is 0 Å². The van der Waals surface area contributed by atoms with Crippen LogP contribution < -0.4 is 4.74 Å². The number of carbonyl (C=O) groups excluding carboxylic acids is 1. The van der Waals surface area contributed by atoms with Gasteiger partial charge < -0.3 is 4.74 Å². The molecule has 1 atom stereocenters. The van der Waals surface area contributed by atoms with Crippen LogP contribution >= 0.6 is 11.3 Å². The number of benzene rings is 3. The van der Waals surface area contributed by atoms with Gasteiger partial charge in [-0.25, -0.2) is 9.78 Å². The number of para-hydroxylation sites is 2. The van der Waals surface area contributed by atoms with Gasteiger partial charge in [0.1, 0.15) is 10.8 Å². The first-order chi connectivity index (χ1) is 13.6. The lowest BCUT2D eigenvalue weighted by molar-refractivity contribution is -0.131. The Labute approximate surface area is 166 Å². The Hall–Kier alpha value is -3.24. The van der Waals surface area contributed by atoms with E-state index in [0.717, 1.165) is 37.5 Å². The number of aryl methyl sites for hydroxylation is 1. The molecule has 28 heavy (non-hydrogen) atoms. The molecule has 0 spiro atoms. The Morgan fingerprint density at radius 3 is 2.54 bits per heavy atom. The molecule has 0 saturated carbocycles. The number of esters is 1. The molecule has 1 aliphatic heterocycles. The molecule has 3 aromatic carbocycles. The first-order valence-corrected chi connectivity index (χ1v) is 9.90. The number of aromatic nitrogens is 1. The van der Waals surface area contributed by atoms with Gasteiger partial charge in [-0.1, -0.05) is 55.1 Å². The second-order valence-electron chi connectivity index (χ2n) is 6.92. The molecule has 1 aliphatic rings. The van der Waals surface area contributed by atoms with E-state index in [1.807, 2.05) is 48.5 Å². The minimum atomic E-state index is -0.380. The van der Waals surface area contributed by atoms with E-state index in [9.17, 15) is 4.79 Å². The van der Waals surface area contributed by atoms with E-state index in [-0.39, 0.29) is 11.9 Å². The van der Waals surface area contributed by atoms with Crippen molar-refractivity contribution in [2.45, 2.75) is 12.8 Å². The highest BCUT2D eigenvalue weighted by Gasteiger charge is 2.34. The van der Waals surface area contributed by atoms with E-state index in [0.29, 0.717) is 11.3 Å². The highest BCUT2D eigenvalue weighted by molar-refractivity contribution is 7.21. The van der Waals surface area contributed by atoms with Crippen molar-refractivity contribution < 1.29 is 9.53 Å². The number of fused-ring (bicyclic) bond motifs is 2. The summed E-state index contributed by atoms with van der Waals surface area (Å²) in [4.78, 5) is 17.4. The molecule has 136 valence electrons. The standard InChI is InChI=1S/C24H17NO2S/c1-14-8-3-4-9-16(14)21-15(2)24(26)27-22-17(21)10-7-11-18(22)23-25-19-12-5-6-13-20(19)28-23/h3-13,21H,2H2,1H3/t21-/m1/s1. The average Bonchev–Trinajstić information content (AvgIpc) is 3.13. The molecule has 0 bridgehead atoms. The summed E-state index contributed by atoms with van der Waals surface area (Å²) < 4.78 is 6.85. The summed E-state index contributed by atoms with van der Waals surface area (Å²) in [7, 11) is 0. The van der Waals surface area contributed by atoms with Crippen LogP contribution in [0.4, 0.5) is 0 Å². The molecule has 0 aliphatic carbocycles. The van der Waals surface area contributed by atoms with Crippen LogP contribution in [-0.2, 0) is 4.79 Å². The van der Waals surface area contributed by atoms with Crippen LogP contribution in [0.1, 0.15) is 22.6 Å². The van der Waals surface area contributed by atoms with Gasteiger partial charge in [-0.15, -0.1) is 11.3 Å². The Balaban J connectivity index is 1.73. The summed E-state index contributed by atoms with van der Waals surface area (Å²) in [5.41, 5.74) is 5.41. The molecule has 0 unspecified atom stereocenters. The van der Waals surface area contributed by atoms with Crippen LogP contribution in [0.15, 0.2) is 78.9 Å². The summed E-state index contributed by atoms with van der Waals surface area (Å²) in [6.07, 6.45) is 0. The number of ether oxygens (including phenoxy) is 1. The van der Waals surface area contributed by atoms with Crippen LogP contribution in [0.25, 0.3) is 20.8 Å². The molecule has 1 aromatic heterocycles. The normalized spacial score (nSPS) is 16.1. The maximum absolute atomic E-state index is 12.7. The minimum absolute atomic E-state index is 0.216. The van der Waals surface area contributed by atoms with Gasteiger partial charge in [0.2, 0.25) is 0 Å². The van der Waals surface area contributed by atoms with Crippen molar-refractivity contribution in [3.05, 3.63) is 95.6 Å². The zero-order chi connectivity index (χ0) is 19.3. The van der Waals surface area contributed by atoms with E-state index in [2.05, 4.69) is 31.7 Å². The Kier molecular flexibility index (Phi) is 3.88. The molecular formula is C24H17NO2S. The molecule has 4 heteroatoms. The SMILES string of the molecule is C=C1C(=O)Oc2c(-c3nc4ccccc4s3)cccc2[C@H]1c1ccccc1C. The lowest BCUT2D eigenvalue weighted by Gasteiger charge is -2.29. The quantitative estimate of drug-likeness (QED) is 0.246. The van der Waals surface area contributed by atoms with Crippen molar-refractivity contribution >= 4 is 27.5 Å². The van der Waals surface area contributed by atoms with Gasteiger partial charge in [0.05, 0.1) is 15.8 Å². The van der Waals surface area contributed by atoms with Crippen molar-refractivity contribution in [1.29, 1.82) is 0 Å². The van der Waals surface area contributed by atoms with Gasteiger partial charge in [-0.2, -0.15) is 0 Å². The van der Waals surface area contributed by atoms with Crippen molar-refractivity contribution in [3.8, 4) is 16.3 Å². The van der Waals surface area contributed by atoms with Crippen LogP contribution in [0.5, 0.6) is 5.75 Å². The fourth-order valence-electron chi connectivity index (χ4n) is 3.78. The third-order valence-electron chi connectivity index (χ3n) is 5.19. The molecule has 2 heterocycles. The third-order valence-corrected chi connectivity index (χ3v) is 6.26. The van der Waals surface area contributed by atoms with E-state index in [4.69, 9.17) is 9.72 Å². The highest BCUT2D eigenvalue weighted by atomic mass is 32.1. The predicted molar refractivity (Wildman–Crippen MR) is 113 cm³/mol. The van der Waals surface area contributed by atoms with E-state index in [1.54, 1.807) is 11.3 Å². The van der Waals surface area contributed by atoms with Gasteiger partial charge >= 0.3 is 5.97 Å². The number of thiazole rings is 1. The number of nitrogens with zero attached hydrogens (tertiary/aromatic N) is 1. The van der Waals surface area contributed by atoms with Crippen LogP contribution in [0.2, 0.25) is 0 Å². The first kappa shape index (κ1) is 16.9. The molecule has 0 radical (unpaired) electrons. The lowest BCUT2D eigenvalue weighted by atomic mass is 9.81. The second-order valence-corrected chi connectivity index (χ2v) is 7.95. The van der Waals surface area contributed by atoms with Crippen LogP contribution in [0.3, 0.4) is 0 Å². The highest BCUT2D eigenvalue weighted by Crippen LogP contribution is 2.47. The van der Waals surface area contributed by atoms with Gasteiger partial charge in [-0.3, -0.25) is 0 Å². The van der Waals surface area contributed by atoms with Gasteiger partial charge in [-0.05, 0) is 36.2 Å². The van der Waals surface area contributed by atoms with Crippen molar-refractivity contribution in [2.24, 2.45) is 0 Å². The number of hydrogen-bond acceptors (Lipinski definition) is 4. The van der Waals surface area contributed by atoms with Gasteiger partial charge in [0, 0.05) is 17.1 Å². The topological polar surface area (TPSA) is 39.2 Å². The largest absolute Gasteiger partial charge is 0.422 e. The second kappa shape index (κ2) is 6.43. The molecule has 0 saturated heterocycles. The van der Waals surface area contributed by atoms with Crippen molar-refractivity contribution in [2.75, 3.05) is 0 Å². The summed E-state index contributed by atoms with van der Waals surface area (Å²) in [6, 6.07) is 22.1.